The van der Waals surface area contributed by atoms with Crippen LogP contribution in [0, 0.1) is 5.41 Å². The lowest BCUT2D eigenvalue weighted by atomic mass is 9.91. The summed E-state index contributed by atoms with van der Waals surface area (Å²) >= 11 is 0. The summed E-state index contributed by atoms with van der Waals surface area (Å²) in [5.41, 5.74) is 5.58. The predicted octanol–water partition coefficient (Wildman–Crippen LogP) is 5.59. The van der Waals surface area contributed by atoms with E-state index in [0.717, 1.165) is 17.5 Å². The van der Waals surface area contributed by atoms with Gasteiger partial charge in [0.2, 0.25) is 0 Å². The number of benzene rings is 2. The lowest BCUT2D eigenvalue weighted by Gasteiger charge is -2.14. The van der Waals surface area contributed by atoms with E-state index in [0.29, 0.717) is 12.1 Å². The molecule has 0 saturated heterocycles. The van der Waals surface area contributed by atoms with E-state index in [2.05, 4.69) is 56.2 Å². The van der Waals surface area contributed by atoms with Gasteiger partial charge in [0.05, 0.1) is 0 Å². The molecule has 0 aliphatic carbocycles. The van der Waals surface area contributed by atoms with Crippen LogP contribution in [-0.2, 0) is 6.42 Å². The Hall–Kier alpha value is -2.81. The minimum Gasteiger partial charge on any atom is -0.361 e. The first kappa shape index (κ1) is 19.0. The molecule has 0 atom stereocenters. The molecule has 1 aromatic heterocycles. The quantitative estimate of drug-likeness (QED) is 0.612. The predicted molar refractivity (Wildman–Crippen MR) is 114 cm³/mol. The lowest BCUT2D eigenvalue weighted by molar-refractivity contribution is 0.0954. The Morgan fingerprint density at radius 3 is 2.41 bits per heavy atom. The van der Waals surface area contributed by atoms with Crippen LogP contribution >= 0.6 is 0 Å². The topological polar surface area (TPSA) is 44.9 Å². The number of H-pyrrole nitrogens is 1. The first-order valence-corrected chi connectivity index (χ1v) is 9.46. The van der Waals surface area contributed by atoms with Crippen LogP contribution in [-0.4, -0.2) is 17.4 Å². The number of fused-ring (bicyclic) bond motifs is 1. The number of amides is 1. The summed E-state index contributed by atoms with van der Waals surface area (Å²) in [6, 6.07) is 16.1. The molecule has 0 radical (unpaired) electrons. The fraction of sp³-hybridized carbons (Fsp3) is 0.292. The Morgan fingerprint density at radius 2 is 1.70 bits per heavy atom. The Morgan fingerprint density at radius 1 is 1.04 bits per heavy atom. The third-order valence-corrected chi connectivity index (χ3v) is 4.61. The molecular weight excluding hydrogens is 332 g/mol. The zero-order valence-corrected chi connectivity index (χ0v) is 16.6. The van der Waals surface area contributed by atoms with E-state index < -0.39 is 0 Å². The Balaban J connectivity index is 1.59. The number of carbonyl (C=O) groups is 1. The number of aromatic nitrogens is 1. The van der Waals surface area contributed by atoms with E-state index in [-0.39, 0.29) is 11.3 Å². The Labute approximate surface area is 161 Å². The SMILES string of the molecule is C/C(=C\C(C)(C)C)c1ccc(C(=O)NCCc2c[nH]c3ccccc23)cc1. The molecule has 0 spiro atoms. The summed E-state index contributed by atoms with van der Waals surface area (Å²) in [6.07, 6.45) is 5.08. The average Bonchev–Trinajstić information content (AvgIpc) is 3.04. The summed E-state index contributed by atoms with van der Waals surface area (Å²) in [6.45, 7) is 9.29. The first-order valence-electron chi connectivity index (χ1n) is 9.46. The largest absolute Gasteiger partial charge is 0.361 e. The standard InChI is InChI=1S/C24H28N2O/c1-17(15-24(2,3)4)18-9-11-19(12-10-18)23(27)25-14-13-20-16-26-22-8-6-5-7-21(20)22/h5-12,15-16,26H,13-14H2,1-4H3,(H,25,27)/b17-15+. The lowest BCUT2D eigenvalue weighted by Crippen LogP contribution is -2.25. The maximum absolute atomic E-state index is 12.4. The highest BCUT2D eigenvalue weighted by molar-refractivity contribution is 5.94. The Bertz CT molecular complexity index is 956. The van der Waals surface area contributed by atoms with E-state index >= 15 is 0 Å². The molecule has 1 amide bonds. The van der Waals surface area contributed by atoms with Crippen LogP contribution in [0.3, 0.4) is 0 Å². The fourth-order valence-electron chi connectivity index (χ4n) is 3.37. The van der Waals surface area contributed by atoms with Gasteiger partial charge in [-0.1, -0.05) is 57.2 Å². The number of nitrogens with one attached hydrogen (secondary N) is 2. The monoisotopic (exact) mass is 360 g/mol. The van der Waals surface area contributed by atoms with Gasteiger partial charge in [-0.05, 0) is 53.7 Å². The second kappa shape index (κ2) is 7.83. The summed E-state index contributed by atoms with van der Waals surface area (Å²) < 4.78 is 0. The minimum atomic E-state index is -0.0288. The Kier molecular flexibility index (Phi) is 5.50. The molecular formula is C24H28N2O. The van der Waals surface area contributed by atoms with Crippen LogP contribution in [0.4, 0.5) is 0 Å². The van der Waals surface area contributed by atoms with Gasteiger partial charge in [-0.15, -0.1) is 0 Å². The molecule has 140 valence electrons. The van der Waals surface area contributed by atoms with Gasteiger partial charge in [0.15, 0.2) is 0 Å². The van der Waals surface area contributed by atoms with E-state index in [4.69, 9.17) is 0 Å². The molecule has 0 fully saturated rings. The van der Waals surface area contributed by atoms with Crippen molar-refractivity contribution in [2.45, 2.75) is 34.1 Å². The van der Waals surface area contributed by atoms with Crippen molar-refractivity contribution in [2.75, 3.05) is 6.54 Å². The number of hydrogen-bond acceptors (Lipinski definition) is 1. The minimum absolute atomic E-state index is 0.0288. The molecule has 1 heterocycles. The van der Waals surface area contributed by atoms with Crippen LogP contribution < -0.4 is 5.32 Å². The molecule has 3 aromatic rings. The second-order valence-electron chi connectivity index (χ2n) is 8.14. The van der Waals surface area contributed by atoms with Gasteiger partial charge in [0.25, 0.3) is 5.91 Å². The third kappa shape index (κ3) is 4.88. The van der Waals surface area contributed by atoms with Gasteiger partial charge in [-0.25, -0.2) is 0 Å². The van der Waals surface area contributed by atoms with E-state index in [1.807, 2.05) is 42.6 Å². The van der Waals surface area contributed by atoms with Crippen molar-refractivity contribution in [3.8, 4) is 0 Å². The number of aromatic amines is 1. The van der Waals surface area contributed by atoms with Gasteiger partial charge in [0.1, 0.15) is 0 Å². The van der Waals surface area contributed by atoms with Crippen LogP contribution in [0.15, 0.2) is 60.8 Å². The summed E-state index contributed by atoms with van der Waals surface area (Å²) in [5, 5.41) is 4.24. The third-order valence-electron chi connectivity index (χ3n) is 4.61. The average molecular weight is 361 g/mol. The number of hydrogen-bond donors (Lipinski definition) is 2. The van der Waals surface area contributed by atoms with Crippen LogP contribution in [0.5, 0.6) is 0 Å². The molecule has 2 N–H and O–H groups in total. The fourth-order valence-corrected chi connectivity index (χ4v) is 3.37. The zero-order chi connectivity index (χ0) is 19.4. The number of rotatable bonds is 5. The molecule has 0 aliphatic heterocycles. The molecule has 3 heteroatoms. The van der Waals surface area contributed by atoms with Gasteiger partial charge >= 0.3 is 0 Å². The summed E-state index contributed by atoms with van der Waals surface area (Å²) in [7, 11) is 0. The molecule has 0 unspecified atom stereocenters. The molecule has 0 aliphatic rings. The van der Waals surface area contributed by atoms with E-state index in [1.54, 1.807) is 0 Å². The number of allylic oxidation sites excluding steroid dienone is 2. The summed E-state index contributed by atoms with van der Waals surface area (Å²) in [4.78, 5) is 15.7. The molecule has 3 nitrogen and oxygen atoms in total. The molecule has 2 aromatic carbocycles. The van der Waals surface area contributed by atoms with Gasteiger partial charge < -0.3 is 10.3 Å². The van der Waals surface area contributed by atoms with Crippen LogP contribution in [0.1, 0.15) is 49.2 Å². The maximum Gasteiger partial charge on any atom is 0.251 e. The normalized spacial score (nSPS) is 12.4. The van der Waals surface area contributed by atoms with Gasteiger partial charge in [0, 0.05) is 29.2 Å². The number of para-hydroxylation sites is 1. The first-order chi connectivity index (χ1) is 12.8. The van der Waals surface area contributed by atoms with Crippen LogP contribution in [0.25, 0.3) is 16.5 Å². The van der Waals surface area contributed by atoms with Crippen molar-refractivity contribution in [1.82, 2.24) is 10.3 Å². The second-order valence-corrected chi connectivity index (χ2v) is 8.14. The molecule has 3 rings (SSSR count). The van der Waals surface area contributed by atoms with Crippen molar-refractivity contribution >= 4 is 22.4 Å². The zero-order valence-electron chi connectivity index (χ0n) is 16.6. The van der Waals surface area contributed by atoms with E-state index in [9.17, 15) is 4.79 Å². The molecule has 27 heavy (non-hydrogen) atoms. The van der Waals surface area contributed by atoms with Crippen LogP contribution in [0.2, 0.25) is 0 Å². The number of carbonyl (C=O) groups excluding carboxylic acids is 1. The van der Waals surface area contributed by atoms with Crippen molar-refractivity contribution in [1.29, 1.82) is 0 Å². The summed E-state index contributed by atoms with van der Waals surface area (Å²) in [5.74, 6) is -0.0288. The smallest absolute Gasteiger partial charge is 0.251 e. The molecule has 0 saturated carbocycles. The molecule has 0 bridgehead atoms. The van der Waals surface area contributed by atoms with Crippen molar-refractivity contribution in [3.05, 3.63) is 77.5 Å². The highest BCUT2D eigenvalue weighted by Crippen LogP contribution is 2.23. The van der Waals surface area contributed by atoms with Gasteiger partial charge in [-0.2, -0.15) is 0 Å². The highest BCUT2D eigenvalue weighted by atomic mass is 16.1. The van der Waals surface area contributed by atoms with Gasteiger partial charge in [-0.3, -0.25) is 4.79 Å². The van der Waals surface area contributed by atoms with Crippen molar-refractivity contribution < 1.29 is 4.79 Å². The van der Waals surface area contributed by atoms with Crippen molar-refractivity contribution in [2.24, 2.45) is 5.41 Å². The maximum atomic E-state index is 12.4. The highest BCUT2D eigenvalue weighted by Gasteiger charge is 2.09. The van der Waals surface area contributed by atoms with E-state index in [1.165, 1.54) is 16.5 Å². The van der Waals surface area contributed by atoms with Crippen molar-refractivity contribution in [3.63, 3.8) is 0 Å².